The van der Waals surface area contributed by atoms with Crippen LogP contribution in [0.25, 0.3) is 0 Å². The van der Waals surface area contributed by atoms with Gasteiger partial charge in [-0.15, -0.1) is 0 Å². The van der Waals surface area contributed by atoms with Crippen molar-refractivity contribution in [2.45, 2.75) is 79.7 Å². The van der Waals surface area contributed by atoms with Crippen molar-refractivity contribution in [2.75, 3.05) is 0 Å². The standard InChI is InChI=1S/C25H37NO5/c1-7-9-18-14-20(27)19(13-12-17(6)11-8-10-15(2)3)23(21(18)24(28)29)31-25(30)22(26)16(4)5/h10,12,14,16,22,27H,7-9,11,13,26H2,1-6H3,(H,28,29)/t22-/m0/s1. The van der Waals surface area contributed by atoms with Crippen molar-refractivity contribution >= 4 is 11.9 Å². The second-order valence-electron chi connectivity index (χ2n) is 8.56. The molecule has 0 fully saturated rings. The normalized spacial score (nSPS) is 12.6. The molecule has 6 nitrogen and oxygen atoms in total. The van der Waals surface area contributed by atoms with E-state index in [-0.39, 0.29) is 35.0 Å². The van der Waals surface area contributed by atoms with E-state index in [0.717, 1.165) is 18.4 Å². The molecule has 1 rings (SSSR count). The highest BCUT2D eigenvalue weighted by Crippen LogP contribution is 2.37. The minimum atomic E-state index is -1.20. The number of carboxylic acid groups (broad SMARTS) is 1. The fourth-order valence-electron chi connectivity index (χ4n) is 3.16. The van der Waals surface area contributed by atoms with E-state index in [9.17, 15) is 19.8 Å². The molecule has 0 aliphatic carbocycles. The number of carboxylic acids is 1. The molecule has 6 heteroatoms. The molecular weight excluding hydrogens is 394 g/mol. The molecule has 1 aromatic carbocycles. The summed E-state index contributed by atoms with van der Waals surface area (Å²) in [5.74, 6) is -2.27. The lowest BCUT2D eigenvalue weighted by atomic mass is 9.95. The zero-order valence-corrected chi connectivity index (χ0v) is 19.6. The summed E-state index contributed by atoms with van der Waals surface area (Å²) in [4.78, 5) is 24.6. The molecule has 0 aromatic heterocycles. The summed E-state index contributed by atoms with van der Waals surface area (Å²) in [6.07, 6.45) is 7.19. The van der Waals surface area contributed by atoms with Crippen LogP contribution in [0.4, 0.5) is 0 Å². The number of carbonyl (C=O) groups excluding carboxylic acids is 1. The summed E-state index contributed by atoms with van der Waals surface area (Å²) in [6, 6.07) is 0.571. The highest BCUT2D eigenvalue weighted by atomic mass is 16.5. The van der Waals surface area contributed by atoms with Crippen LogP contribution in [-0.4, -0.2) is 28.2 Å². The van der Waals surface area contributed by atoms with E-state index in [2.05, 4.69) is 6.08 Å². The van der Waals surface area contributed by atoms with Gasteiger partial charge in [0.25, 0.3) is 0 Å². The summed E-state index contributed by atoms with van der Waals surface area (Å²) in [6.45, 7) is 11.6. The van der Waals surface area contributed by atoms with Gasteiger partial charge in [0.05, 0.1) is 0 Å². The minimum Gasteiger partial charge on any atom is -0.508 e. The van der Waals surface area contributed by atoms with Gasteiger partial charge in [-0.05, 0) is 64.0 Å². The first-order chi connectivity index (χ1) is 14.5. The molecular formula is C25H37NO5. The average Bonchev–Trinajstić information content (AvgIpc) is 2.66. The van der Waals surface area contributed by atoms with Crippen molar-refractivity contribution in [3.63, 3.8) is 0 Å². The van der Waals surface area contributed by atoms with Crippen LogP contribution in [0, 0.1) is 5.92 Å². The first-order valence-electron chi connectivity index (χ1n) is 10.9. The quantitative estimate of drug-likeness (QED) is 0.253. The van der Waals surface area contributed by atoms with Gasteiger partial charge in [-0.25, -0.2) is 9.59 Å². The van der Waals surface area contributed by atoms with Gasteiger partial charge in [0.15, 0.2) is 5.75 Å². The van der Waals surface area contributed by atoms with E-state index >= 15 is 0 Å². The Morgan fingerprint density at radius 1 is 1.19 bits per heavy atom. The molecule has 0 spiro atoms. The molecule has 1 atom stereocenters. The molecule has 0 aliphatic rings. The van der Waals surface area contributed by atoms with Crippen LogP contribution < -0.4 is 10.5 Å². The fraction of sp³-hybridized carbons (Fsp3) is 0.520. The van der Waals surface area contributed by atoms with Crippen molar-refractivity contribution in [3.05, 3.63) is 46.1 Å². The molecule has 0 unspecified atom stereocenters. The number of nitrogens with two attached hydrogens (primary N) is 1. The molecule has 0 aliphatic heterocycles. The molecule has 4 N–H and O–H groups in total. The largest absolute Gasteiger partial charge is 0.508 e. The van der Waals surface area contributed by atoms with Gasteiger partial charge in [-0.3, -0.25) is 0 Å². The molecule has 1 aromatic rings. The van der Waals surface area contributed by atoms with Gasteiger partial charge in [0, 0.05) is 5.56 Å². The monoisotopic (exact) mass is 431 g/mol. The third-order valence-corrected chi connectivity index (χ3v) is 5.11. The van der Waals surface area contributed by atoms with Gasteiger partial charge in [0.1, 0.15) is 17.4 Å². The van der Waals surface area contributed by atoms with Crippen LogP contribution in [-0.2, 0) is 17.6 Å². The van der Waals surface area contributed by atoms with Gasteiger partial charge < -0.3 is 20.7 Å². The topological polar surface area (TPSA) is 110 Å². The van der Waals surface area contributed by atoms with Gasteiger partial charge in [0.2, 0.25) is 0 Å². The number of esters is 1. The lowest BCUT2D eigenvalue weighted by molar-refractivity contribution is -0.136. The predicted octanol–water partition coefficient (Wildman–Crippen LogP) is 5.17. The van der Waals surface area contributed by atoms with Crippen LogP contribution >= 0.6 is 0 Å². The second-order valence-corrected chi connectivity index (χ2v) is 8.56. The lowest BCUT2D eigenvalue weighted by Gasteiger charge is -2.20. The Balaban J connectivity index is 3.44. The lowest BCUT2D eigenvalue weighted by Crippen LogP contribution is -2.39. The first-order valence-corrected chi connectivity index (χ1v) is 10.9. The Kier molecular flexibility index (Phi) is 10.5. The van der Waals surface area contributed by atoms with Gasteiger partial charge in [-0.1, -0.05) is 50.5 Å². The van der Waals surface area contributed by atoms with Gasteiger partial charge in [-0.2, -0.15) is 0 Å². The smallest absolute Gasteiger partial charge is 0.339 e. The van der Waals surface area contributed by atoms with Crippen LogP contribution in [0.3, 0.4) is 0 Å². The molecule has 0 heterocycles. The summed E-state index contributed by atoms with van der Waals surface area (Å²) < 4.78 is 5.53. The Hall–Kier alpha value is -2.60. The minimum absolute atomic E-state index is 0.0808. The Labute approximate surface area is 185 Å². The molecule has 0 saturated heterocycles. The molecule has 31 heavy (non-hydrogen) atoms. The second kappa shape index (κ2) is 12.3. The van der Waals surface area contributed by atoms with Crippen molar-refractivity contribution in [3.8, 4) is 11.5 Å². The van der Waals surface area contributed by atoms with E-state index < -0.39 is 18.0 Å². The van der Waals surface area contributed by atoms with E-state index in [4.69, 9.17) is 10.5 Å². The van der Waals surface area contributed by atoms with Crippen molar-refractivity contribution < 1.29 is 24.5 Å². The number of hydrogen-bond acceptors (Lipinski definition) is 5. The number of phenols is 1. The van der Waals surface area contributed by atoms with E-state index in [1.165, 1.54) is 11.6 Å². The van der Waals surface area contributed by atoms with Crippen molar-refractivity contribution in [1.29, 1.82) is 0 Å². The van der Waals surface area contributed by atoms with Crippen LogP contribution in [0.15, 0.2) is 29.4 Å². The number of aromatic hydroxyl groups is 1. The number of aryl methyl sites for hydroxylation is 1. The summed E-state index contributed by atoms with van der Waals surface area (Å²) in [7, 11) is 0. The third-order valence-electron chi connectivity index (χ3n) is 5.11. The Morgan fingerprint density at radius 2 is 1.84 bits per heavy atom. The van der Waals surface area contributed by atoms with Gasteiger partial charge >= 0.3 is 11.9 Å². The maximum atomic E-state index is 12.6. The number of rotatable bonds is 11. The summed E-state index contributed by atoms with van der Waals surface area (Å²) >= 11 is 0. The fourth-order valence-corrected chi connectivity index (χ4v) is 3.16. The van der Waals surface area contributed by atoms with E-state index in [1.54, 1.807) is 13.8 Å². The number of allylic oxidation sites excluding steroid dienone is 4. The molecule has 0 saturated carbocycles. The van der Waals surface area contributed by atoms with Crippen molar-refractivity contribution in [2.24, 2.45) is 11.7 Å². The summed E-state index contributed by atoms with van der Waals surface area (Å²) in [5.41, 5.74) is 8.89. The molecule has 0 bridgehead atoms. The zero-order chi connectivity index (χ0) is 23.7. The number of ether oxygens (including phenoxy) is 1. The number of benzene rings is 1. The number of hydrogen-bond donors (Lipinski definition) is 3. The average molecular weight is 432 g/mol. The van der Waals surface area contributed by atoms with E-state index in [1.807, 2.05) is 33.8 Å². The molecule has 0 radical (unpaired) electrons. The number of aromatic carboxylic acids is 1. The maximum absolute atomic E-state index is 12.6. The first kappa shape index (κ1) is 26.4. The summed E-state index contributed by atoms with van der Waals surface area (Å²) in [5, 5.41) is 20.5. The van der Waals surface area contributed by atoms with Crippen molar-refractivity contribution in [1.82, 2.24) is 0 Å². The Bertz CT molecular complexity index is 848. The SMILES string of the molecule is CCCc1cc(O)c(CC=C(C)CCC=C(C)C)c(OC(=O)[C@@H](N)C(C)C)c1C(=O)O. The Morgan fingerprint density at radius 3 is 2.35 bits per heavy atom. The number of phenolic OH excluding ortho intramolecular Hbond substituents is 1. The van der Waals surface area contributed by atoms with Crippen LogP contribution in [0.1, 0.15) is 82.3 Å². The molecule has 172 valence electrons. The van der Waals surface area contributed by atoms with Crippen LogP contribution in [0.5, 0.6) is 11.5 Å². The predicted molar refractivity (Wildman–Crippen MR) is 124 cm³/mol. The maximum Gasteiger partial charge on any atom is 0.339 e. The third kappa shape index (κ3) is 7.87. The van der Waals surface area contributed by atoms with Crippen LogP contribution in [0.2, 0.25) is 0 Å². The van der Waals surface area contributed by atoms with E-state index in [0.29, 0.717) is 18.4 Å². The zero-order valence-electron chi connectivity index (χ0n) is 19.6. The highest BCUT2D eigenvalue weighted by molar-refractivity contribution is 5.95. The number of carbonyl (C=O) groups is 2. The highest BCUT2D eigenvalue weighted by Gasteiger charge is 2.28. The molecule has 0 amide bonds.